The maximum atomic E-state index is 5.64. The summed E-state index contributed by atoms with van der Waals surface area (Å²) in [6.45, 7) is 0. The lowest BCUT2D eigenvalue weighted by atomic mass is 11.3. The van der Waals surface area contributed by atoms with E-state index in [1.165, 1.54) is 0 Å². The highest BCUT2D eigenvalue weighted by Gasteiger charge is 2.44. The van der Waals surface area contributed by atoms with Gasteiger partial charge in [-0.3, -0.25) is 0 Å². The summed E-state index contributed by atoms with van der Waals surface area (Å²) >= 11 is 33.9. The Morgan fingerprint density at radius 2 is 0.487 bits per heavy atom. The zero-order valence-corrected chi connectivity index (χ0v) is 34.7. The molecule has 0 saturated carbocycles. The molecular formula is C14H43Cl6N13P6. The predicted molar refractivity (Wildman–Crippen MR) is 188 cm³/mol. The Morgan fingerprint density at radius 1 is 0.359 bits per heavy atom. The van der Waals surface area contributed by atoms with Gasteiger partial charge in [-0.15, -0.1) is 0 Å². The van der Waals surface area contributed by atoms with Gasteiger partial charge in [0.2, 0.25) is 22.5 Å². The van der Waals surface area contributed by atoms with Crippen LogP contribution >= 0.6 is 108 Å². The van der Waals surface area contributed by atoms with Crippen molar-refractivity contribution < 1.29 is 0 Å². The summed E-state index contributed by atoms with van der Waals surface area (Å²) < 4.78 is 40.2. The van der Waals surface area contributed by atoms with Crippen LogP contribution in [0.3, 0.4) is 0 Å². The van der Waals surface area contributed by atoms with E-state index in [0.29, 0.717) is 0 Å². The maximum Gasteiger partial charge on any atom is 0.257 e. The van der Waals surface area contributed by atoms with E-state index in [0.717, 1.165) is 0 Å². The van der Waals surface area contributed by atoms with E-state index in [9.17, 15) is 0 Å². The van der Waals surface area contributed by atoms with Crippen molar-refractivity contribution in [2.24, 2.45) is 27.1 Å². The molecule has 0 bridgehead atoms. The van der Waals surface area contributed by atoms with Gasteiger partial charge in [0.25, 0.3) is 17.7 Å². The van der Waals surface area contributed by atoms with Crippen LogP contribution in [0.5, 0.6) is 0 Å². The summed E-state index contributed by atoms with van der Waals surface area (Å²) in [6, 6.07) is 0. The van der Waals surface area contributed by atoms with Gasteiger partial charge in [-0.1, -0.05) is 0 Å². The van der Waals surface area contributed by atoms with Gasteiger partial charge in [-0.25, -0.2) is 28.0 Å². The smallest absolute Gasteiger partial charge is 0.257 e. The lowest BCUT2D eigenvalue weighted by Crippen LogP contribution is -2.29. The van der Waals surface area contributed by atoms with Crippen molar-refractivity contribution in [2.75, 3.05) is 98.7 Å². The number of nitrogens with one attached hydrogen (secondary N) is 1. The summed E-state index contributed by atoms with van der Waals surface area (Å²) in [7, 11) is 21.9. The monoisotopic (exact) mass is 789 g/mol. The lowest BCUT2D eigenvalue weighted by Gasteiger charge is -2.47. The predicted octanol–water partition coefficient (Wildman–Crippen LogP) is 10.3. The van der Waals surface area contributed by atoms with E-state index in [-0.39, 0.29) is 0 Å². The summed E-state index contributed by atoms with van der Waals surface area (Å²) in [5.74, 6) is -8.72. The largest absolute Gasteiger partial charge is 0.323 e. The van der Waals surface area contributed by atoms with Gasteiger partial charge in [0, 0.05) is 0 Å². The highest BCUT2D eigenvalue weighted by molar-refractivity contribution is 8.26. The molecule has 0 aromatic rings. The topological polar surface area (TPSA) is 106 Å². The highest BCUT2D eigenvalue weighted by Crippen LogP contribution is 2.88. The van der Waals surface area contributed by atoms with Crippen molar-refractivity contribution in [3.8, 4) is 0 Å². The van der Waals surface area contributed by atoms with Crippen LogP contribution in [0.15, 0.2) is 27.1 Å². The molecule has 0 amide bonds. The second-order valence-corrected chi connectivity index (χ2v) is 34.2. The quantitative estimate of drug-likeness (QED) is 0.267. The molecule has 236 valence electrons. The normalized spacial score (nSPS) is 23.2. The third-order valence-electron chi connectivity index (χ3n) is 4.59. The Hall–Kier alpha value is 2.84. The molecule has 2 aliphatic heterocycles. The summed E-state index contributed by atoms with van der Waals surface area (Å²) in [5.41, 5.74) is 0. The maximum absolute atomic E-state index is 5.64. The molecule has 0 fully saturated rings. The van der Waals surface area contributed by atoms with Gasteiger partial charge < -0.3 is 5.32 Å². The summed E-state index contributed by atoms with van der Waals surface area (Å²) in [6.07, 6.45) is 0. The fourth-order valence-electron chi connectivity index (χ4n) is 3.01. The summed E-state index contributed by atoms with van der Waals surface area (Å²) in [4.78, 5) is 0. The Kier molecular flexibility index (Phi) is 17.1. The Morgan fingerprint density at radius 3 is 0.590 bits per heavy atom. The minimum Gasteiger partial charge on any atom is -0.323 e. The molecule has 0 aromatic carbocycles. The molecule has 2 aliphatic rings. The van der Waals surface area contributed by atoms with E-state index in [1.54, 1.807) is 0 Å². The number of nitrogens with zero attached hydrogens (tertiary/aromatic N) is 12. The molecule has 1 N–H and O–H groups in total. The standard InChI is InChI=1S/C12H36N9P3.C2H7N.Cl6N3P3/c1-16(2)22(17(3)4)13-23(18(5)6,19(7)8)15-24(14-22,20(9)10)21(11)12;1-3-2;1-10(2)7-11(3,4)9-12(5,6)8-10/h1-12H3;3H,1-2H3;. The van der Waals surface area contributed by atoms with Gasteiger partial charge in [-0.05, 0) is 166 Å². The van der Waals surface area contributed by atoms with Crippen LogP contribution in [0.1, 0.15) is 0 Å². The van der Waals surface area contributed by atoms with Crippen LogP contribution < -0.4 is 5.32 Å². The highest BCUT2D eigenvalue weighted by atomic mass is 35.9. The Labute approximate surface area is 265 Å². The molecule has 0 spiro atoms. The average Bonchev–Trinajstić information content (AvgIpc) is 2.69. The average molecular weight is 792 g/mol. The number of hydrogen-bond acceptors (Lipinski definition) is 13. The van der Waals surface area contributed by atoms with Crippen molar-refractivity contribution in [1.82, 2.24) is 33.3 Å². The first kappa shape index (κ1) is 41.8. The van der Waals surface area contributed by atoms with Crippen molar-refractivity contribution in [3.63, 3.8) is 0 Å². The second-order valence-electron chi connectivity index (χ2n) is 9.10. The molecule has 0 unspecified atom stereocenters. The third kappa shape index (κ3) is 11.0. The molecule has 0 radical (unpaired) electrons. The van der Waals surface area contributed by atoms with E-state index in [1.807, 2.05) is 14.1 Å². The minimum atomic E-state index is -2.91. The molecular weight excluding hydrogens is 749 g/mol. The van der Waals surface area contributed by atoms with Crippen molar-refractivity contribution in [2.45, 2.75) is 0 Å². The molecule has 0 aromatic heterocycles. The Bertz CT molecular complexity index is 968. The van der Waals surface area contributed by atoms with Gasteiger partial charge in [0.1, 0.15) is 0 Å². The SMILES string of the molecule is CN(C)P1(N(C)C)=NP(N(C)C)(N(C)C)=NP(N(C)C)(N(C)C)=N1.CNC.ClP1(Cl)=NP(Cl)(Cl)=NP(Cl)(Cl)=N1. The lowest BCUT2D eigenvalue weighted by molar-refractivity contribution is 0.529. The van der Waals surface area contributed by atoms with E-state index in [4.69, 9.17) is 81.0 Å². The molecule has 39 heavy (non-hydrogen) atoms. The fourth-order valence-corrected chi connectivity index (χ4v) is 36.9. The van der Waals surface area contributed by atoms with Crippen LogP contribution in [0.2, 0.25) is 0 Å². The van der Waals surface area contributed by atoms with Crippen LogP contribution in [0, 0.1) is 0 Å². The molecule has 0 atom stereocenters. The minimum absolute atomic E-state index is 1.88. The fraction of sp³-hybridized carbons (Fsp3) is 1.00. The van der Waals surface area contributed by atoms with E-state index >= 15 is 0 Å². The van der Waals surface area contributed by atoms with Gasteiger partial charge in [-0.2, -0.15) is 27.1 Å². The first-order chi connectivity index (χ1) is 17.3. The number of rotatable bonds is 6. The van der Waals surface area contributed by atoms with Crippen LogP contribution in [-0.4, -0.2) is 127 Å². The first-order valence-electron chi connectivity index (χ1n) is 11.0. The second kappa shape index (κ2) is 15.9. The zero-order chi connectivity index (χ0) is 31.4. The number of hydrogen-bond donors (Lipinski definition) is 1. The van der Waals surface area contributed by atoms with Crippen LogP contribution in [0.25, 0.3) is 0 Å². The molecule has 25 heteroatoms. The molecule has 0 aliphatic carbocycles. The van der Waals surface area contributed by atoms with Crippen LogP contribution in [-0.2, 0) is 0 Å². The van der Waals surface area contributed by atoms with Gasteiger partial charge in [0.15, 0.2) is 0 Å². The molecule has 2 rings (SSSR count). The molecule has 13 nitrogen and oxygen atoms in total. The van der Waals surface area contributed by atoms with Gasteiger partial charge >= 0.3 is 0 Å². The molecule has 2 heterocycles. The first-order valence-corrected chi connectivity index (χ1v) is 26.3. The van der Waals surface area contributed by atoms with Gasteiger partial charge in [0.05, 0.1) is 0 Å². The van der Waals surface area contributed by atoms with Crippen molar-refractivity contribution >= 4 is 108 Å². The molecule has 0 saturated heterocycles. The van der Waals surface area contributed by atoms with Crippen molar-refractivity contribution in [1.29, 1.82) is 0 Å². The third-order valence-corrected chi connectivity index (χ3v) is 29.3. The van der Waals surface area contributed by atoms with Crippen LogP contribution in [0.4, 0.5) is 0 Å². The van der Waals surface area contributed by atoms with Crippen molar-refractivity contribution in [3.05, 3.63) is 0 Å². The van der Waals surface area contributed by atoms with E-state index < -0.39 is 40.3 Å². The zero-order valence-electron chi connectivity index (χ0n) is 24.8. The Balaban J connectivity index is 0.000000798. The number of halogens is 6. The van der Waals surface area contributed by atoms with E-state index in [2.05, 4.69) is 131 Å². The summed E-state index contributed by atoms with van der Waals surface area (Å²) in [5, 5.41) is 2.75.